The van der Waals surface area contributed by atoms with Gasteiger partial charge in [0.1, 0.15) is 11.3 Å². The molecule has 2 aromatic heterocycles. The van der Waals surface area contributed by atoms with Crippen LogP contribution in [0.15, 0.2) is 24.3 Å². The second kappa shape index (κ2) is 6.08. The summed E-state index contributed by atoms with van der Waals surface area (Å²) in [5.41, 5.74) is 8.74. The van der Waals surface area contributed by atoms with Crippen LogP contribution in [0.25, 0.3) is 21.9 Å². The molecule has 112 valence electrons. The number of hydrogen-bond donors (Lipinski definition) is 1. The Hall–Kier alpha value is -1.52. The molecule has 21 heavy (non-hydrogen) atoms. The van der Waals surface area contributed by atoms with Gasteiger partial charge in [-0.25, -0.2) is 9.97 Å². The van der Waals surface area contributed by atoms with Crippen LogP contribution in [0.3, 0.4) is 0 Å². The van der Waals surface area contributed by atoms with Crippen LogP contribution in [0.4, 0.5) is 5.82 Å². The summed E-state index contributed by atoms with van der Waals surface area (Å²) in [6.45, 7) is 5.22. The standard InChI is InChI=1S/C15H17ClN4.ClH/c1-9(2)8-20-12(7-16)19-13-14(20)10-5-3-4-6-11(10)18-15(13)17;/h3-6,9H,7-8H2,1-2H3,(H2,17,18);1H. The van der Waals surface area contributed by atoms with Gasteiger partial charge in [0.25, 0.3) is 0 Å². The van der Waals surface area contributed by atoms with Gasteiger partial charge < -0.3 is 10.3 Å². The highest BCUT2D eigenvalue weighted by atomic mass is 35.5. The SMILES string of the molecule is CC(C)Cn1c(CCl)nc2c(N)nc3ccccc3c21.Cl. The summed E-state index contributed by atoms with van der Waals surface area (Å²) >= 11 is 6.05. The quantitative estimate of drug-likeness (QED) is 0.741. The van der Waals surface area contributed by atoms with E-state index in [1.54, 1.807) is 0 Å². The number of benzene rings is 1. The first-order valence-corrected chi connectivity index (χ1v) is 7.24. The van der Waals surface area contributed by atoms with Crippen LogP contribution >= 0.6 is 24.0 Å². The van der Waals surface area contributed by atoms with Gasteiger partial charge in [0.2, 0.25) is 0 Å². The molecule has 0 fully saturated rings. The van der Waals surface area contributed by atoms with Gasteiger partial charge in [-0.1, -0.05) is 32.0 Å². The first-order chi connectivity index (χ1) is 9.61. The second-order valence-electron chi connectivity index (χ2n) is 5.38. The number of alkyl halides is 1. The third-order valence-electron chi connectivity index (χ3n) is 3.36. The van der Waals surface area contributed by atoms with E-state index in [0.717, 1.165) is 34.3 Å². The Morgan fingerprint density at radius 3 is 2.62 bits per heavy atom. The molecule has 6 heteroatoms. The fourth-order valence-electron chi connectivity index (χ4n) is 2.57. The van der Waals surface area contributed by atoms with Gasteiger partial charge in [-0.05, 0) is 12.0 Å². The highest BCUT2D eigenvalue weighted by Crippen LogP contribution is 2.29. The number of halogens is 2. The van der Waals surface area contributed by atoms with E-state index in [1.165, 1.54) is 0 Å². The zero-order valence-electron chi connectivity index (χ0n) is 12.0. The normalized spacial score (nSPS) is 11.2. The summed E-state index contributed by atoms with van der Waals surface area (Å²) in [5, 5.41) is 1.07. The number of aromatic nitrogens is 3. The van der Waals surface area contributed by atoms with Crippen LogP contribution in [0.1, 0.15) is 19.7 Å². The highest BCUT2D eigenvalue weighted by Gasteiger charge is 2.17. The Morgan fingerprint density at radius 2 is 1.95 bits per heavy atom. The fraction of sp³-hybridized carbons (Fsp3) is 0.333. The number of fused-ring (bicyclic) bond motifs is 3. The van der Waals surface area contributed by atoms with Crippen molar-refractivity contribution in [3.63, 3.8) is 0 Å². The molecule has 4 nitrogen and oxygen atoms in total. The van der Waals surface area contributed by atoms with Gasteiger partial charge in [-0.3, -0.25) is 0 Å². The number of anilines is 1. The molecule has 0 aliphatic heterocycles. The van der Waals surface area contributed by atoms with Crippen molar-refractivity contribution in [2.75, 3.05) is 5.73 Å². The van der Waals surface area contributed by atoms with Crippen molar-refractivity contribution in [3.8, 4) is 0 Å². The zero-order chi connectivity index (χ0) is 14.3. The molecule has 0 spiro atoms. The second-order valence-corrected chi connectivity index (χ2v) is 5.64. The molecule has 0 amide bonds. The number of imidazole rings is 1. The van der Waals surface area contributed by atoms with Gasteiger partial charge in [0.05, 0.1) is 16.9 Å². The Balaban J connectivity index is 0.00000161. The van der Waals surface area contributed by atoms with E-state index in [0.29, 0.717) is 17.6 Å². The molecule has 0 atom stereocenters. The molecule has 0 bridgehead atoms. The number of pyridine rings is 1. The number of hydrogen-bond acceptors (Lipinski definition) is 3. The number of para-hydroxylation sites is 1. The fourth-order valence-corrected chi connectivity index (χ4v) is 2.77. The molecular weight excluding hydrogens is 307 g/mol. The summed E-state index contributed by atoms with van der Waals surface area (Å²) in [6, 6.07) is 8.00. The maximum absolute atomic E-state index is 6.06. The molecule has 0 saturated carbocycles. The summed E-state index contributed by atoms with van der Waals surface area (Å²) in [4.78, 5) is 9.01. The lowest BCUT2D eigenvalue weighted by Gasteiger charge is -2.12. The minimum Gasteiger partial charge on any atom is -0.382 e. The summed E-state index contributed by atoms with van der Waals surface area (Å²) in [7, 11) is 0. The van der Waals surface area contributed by atoms with Gasteiger partial charge in [0.15, 0.2) is 5.82 Å². The van der Waals surface area contributed by atoms with Crippen molar-refractivity contribution < 1.29 is 0 Å². The Labute approximate surface area is 134 Å². The monoisotopic (exact) mass is 324 g/mol. The van der Waals surface area contributed by atoms with Crippen molar-refractivity contribution in [1.82, 2.24) is 14.5 Å². The predicted molar refractivity (Wildman–Crippen MR) is 91.1 cm³/mol. The van der Waals surface area contributed by atoms with Crippen LogP contribution in [-0.2, 0) is 12.4 Å². The maximum Gasteiger partial charge on any atom is 0.152 e. The van der Waals surface area contributed by atoms with Crippen LogP contribution in [0.2, 0.25) is 0 Å². The van der Waals surface area contributed by atoms with E-state index in [9.17, 15) is 0 Å². The Kier molecular flexibility index (Phi) is 4.59. The lowest BCUT2D eigenvalue weighted by atomic mass is 10.1. The molecular formula is C15H18Cl2N4. The van der Waals surface area contributed by atoms with Crippen LogP contribution in [0.5, 0.6) is 0 Å². The molecule has 0 unspecified atom stereocenters. The van der Waals surface area contributed by atoms with E-state index < -0.39 is 0 Å². The summed E-state index contributed by atoms with van der Waals surface area (Å²) in [5.74, 6) is 2.19. The largest absolute Gasteiger partial charge is 0.382 e. The minimum atomic E-state index is 0. The van der Waals surface area contributed by atoms with Crippen molar-refractivity contribution in [1.29, 1.82) is 0 Å². The van der Waals surface area contributed by atoms with Crippen molar-refractivity contribution >= 4 is 51.8 Å². The number of rotatable bonds is 3. The molecule has 0 aliphatic rings. The molecule has 2 heterocycles. The lowest BCUT2D eigenvalue weighted by Crippen LogP contribution is -2.08. The average molecular weight is 325 g/mol. The number of nitrogens with zero attached hydrogens (tertiary/aromatic N) is 3. The molecule has 2 N–H and O–H groups in total. The van der Waals surface area contributed by atoms with Crippen molar-refractivity contribution in [2.45, 2.75) is 26.3 Å². The summed E-state index contributed by atoms with van der Waals surface area (Å²) in [6.07, 6.45) is 0. The smallest absolute Gasteiger partial charge is 0.152 e. The van der Waals surface area contributed by atoms with E-state index in [-0.39, 0.29) is 12.4 Å². The van der Waals surface area contributed by atoms with Crippen LogP contribution in [-0.4, -0.2) is 14.5 Å². The average Bonchev–Trinajstić information content (AvgIpc) is 2.78. The minimum absolute atomic E-state index is 0. The highest BCUT2D eigenvalue weighted by molar-refractivity contribution is 6.17. The van der Waals surface area contributed by atoms with Crippen molar-refractivity contribution in [2.24, 2.45) is 5.92 Å². The molecule has 3 rings (SSSR count). The molecule has 0 radical (unpaired) electrons. The lowest BCUT2D eigenvalue weighted by molar-refractivity contribution is 0.523. The van der Waals surface area contributed by atoms with E-state index in [4.69, 9.17) is 17.3 Å². The van der Waals surface area contributed by atoms with Gasteiger partial charge in [-0.15, -0.1) is 24.0 Å². The first-order valence-electron chi connectivity index (χ1n) is 6.71. The Bertz CT molecular complexity index is 780. The Morgan fingerprint density at radius 1 is 1.24 bits per heavy atom. The summed E-state index contributed by atoms with van der Waals surface area (Å²) < 4.78 is 2.17. The molecule has 0 aliphatic carbocycles. The third-order valence-corrected chi connectivity index (χ3v) is 3.60. The van der Waals surface area contributed by atoms with Gasteiger partial charge in [-0.2, -0.15) is 0 Å². The van der Waals surface area contributed by atoms with Gasteiger partial charge in [0, 0.05) is 11.9 Å². The molecule has 1 aromatic carbocycles. The maximum atomic E-state index is 6.06. The topological polar surface area (TPSA) is 56.7 Å². The third kappa shape index (κ3) is 2.65. The van der Waals surface area contributed by atoms with Crippen LogP contribution < -0.4 is 5.73 Å². The van der Waals surface area contributed by atoms with Crippen LogP contribution in [0, 0.1) is 5.92 Å². The van der Waals surface area contributed by atoms with Crippen molar-refractivity contribution in [3.05, 3.63) is 30.1 Å². The van der Waals surface area contributed by atoms with E-state index in [2.05, 4.69) is 34.4 Å². The predicted octanol–water partition coefficient (Wildman–Crippen LogP) is 3.98. The van der Waals surface area contributed by atoms with Gasteiger partial charge >= 0.3 is 0 Å². The van der Waals surface area contributed by atoms with E-state index in [1.807, 2.05) is 18.2 Å². The first kappa shape index (κ1) is 15.9. The molecule has 3 aromatic rings. The zero-order valence-corrected chi connectivity index (χ0v) is 13.6. The number of nitrogen functional groups attached to an aromatic ring is 1. The van der Waals surface area contributed by atoms with E-state index >= 15 is 0 Å². The molecule has 0 saturated heterocycles. The number of nitrogens with two attached hydrogens (primary N) is 1.